The number of hydrogen-bond donors (Lipinski definition) is 1. The summed E-state index contributed by atoms with van der Waals surface area (Å²) in [6, 6.07) is 9.39. The fraction of sp³-hybridized carbons (Fsp3) is 0.471. The molecule has 0 amide bonds. The quantitative estimate of drug-likeness (QED) is 0.790. The SMILES string of the molecule is CSc1ccc(C(C)Nc2c(C)nn(C(C)C)c2C)cc1. The minimum Gasteiger partial charge on any atom is -0.376 e. The maximum Gasteiger partial charge on any atom is 0.0828 e. The van der Waals surface area contributed by atoms with Gasteiger partial charge in [-0.1, -0.05) is 12.1 Å². The monoisotopic (exact) mass is 303 g/mol. The zero-order valence-corrected chi connectivity index (χ0v) is 14.6. The van der Waals surface area contributed by atoms with Gasteiger partial charge >= 0.3 is 0 Å². The minimum atomic E-state index is 0.267. The zero-order valence-electron chi connectivity index (χ0n) is 13.8. The summed E-state index contributed by atoms with van der Waals surface area (Å²) in [5, 5.41) is 8.25. The van der Waals surface area contributed by atoms with Crippen molar-refractivity contribution in [1.82, 2.24) is 9.78 Å². The Labute approximate surface area is 132 Å². The fourth-order valence-corrected chi connectivity index (χ4v) is 2.98. The van der Waals surface area contributed by atoms with Crippen molar-refractivity contribution < 1.29 is 0 Å². The highest BCUT2D eigenvalue weighted by Gasteiger charge is 2.15. The molecule has 114 valence electrons. The predicted molar refractivity (Wildman–Crippen MR) is 92.3 cm³/mol. The molecule has 2 rings (SSSR count). The Hall–Kier alpha value is -1.42. The van der Waals surface area contributed by atoms with E-state index in [0.717, 1.165) is 11.4 Å². The van der Waals surface area contributed by atoms with E-state index in [1.807, 2.05) is 0 Å². The lowest BCUT2D eigenvalue weighted by Gasteiger charge is -2.17. The van der Waals surface area contributed by atoms with Gasteiger partial charge in [0.25, 0.3) is 0 Å². The van der Waals surface area contributed by atoms with Crippen LogP contribution in [0.2, 0.25) is 0 Å². The maximum atomic E-state index is 4.63. The van der Waals surface area contributed by atoms with Crippen LogP contribution in [0.1, 0.15) is 49.8 Å². The number of nitrogens with zero attached hydrogens (tertiary/aromatic N) is 2. The Morgan fingerprint density at radius 2 is 1.71 bits per heavy atom. The third-order valence-electron chi connectivity index (χ3n) is 3.79. The first kappa shape index (κ1) is 16.0. The van der Waals surface area contributed by atoms with Gasteiger partial charge in [0, 0.05) is 17.0 Å². The lowest BCUT2D eigenvalue weighted by molar-refractivity contribution is 0.516. The van der Waals surface area contributed by atoms with Gasteiger partial charge in [-0.3, -0.25) is 4.68 Å². The van der Waals surface area contributed by atoms with Crippen molar-refractivity contribution in [2.24, 2.45) is 0 Å². The summed E-state index contributed by atoms with van der Waals surface area (Å²) in [5.74, 6) is 0. The topological polar surface area (TPSA) is 29.9 Å². The van der Waals surface area contributed by atoms with Crippen LogP contribution in [0.3, 0.4) is 0 Å². The molecule has 0 aliphatic carbocycles. The molecular formula is C17H25N3S. The third kappa shape index (κ3) is 3.43. The number of benzene rings is 1. The first-order chi connectivity index (χ1) is 9.93. The summed E-state index contributed by atoms with van der Waals surface area (Å²) in [7, 11) is 0. The van der Waals surface area contributed by atoms with Crippen LogP contribution in [0.25, 0.3) is 0 Å². The van der Waals surface area contributed by atoms with Crippen molar-refractivity contribution in [3.63, 3.8) is 0 Å². The molecule has 0 fully saturated rings. The molecule has 0 radical (unpaired) electrons. The highest BCUT2D eigenvalue weighted by atomic mass is 32.2. The van der Waals surface area contributed by atoms with E-state index in [0.29, 0.717) is 6.04 Å². The van der Waals surface area contributed by atoms with Gasteiger partial charge in [0.1, 0.15) is 0 Å². The molecule has 0 saturated carbocycles. The average molecular weight is 303 g/mol. The number of hydrogen-bond acceptors (Lipinski definition) is 3. The van der Waals surface area contributed by atoms with E-state index in [4.69, 9.17) is 0 Å². The van der Waals surface area contributed by atoms with Crippen LogP contribution in [0.15, 0.2) is 29.2 Å². The van der Waals surface area contributed by atoms with E-state index in [-0.39, 0.29) is 6.04 Å². The molecule has 4 heteroatoms. The molecule has 0 aliphatic rings. The first-order valence-electron chi connectivity index (χ1n) is 7.40. The van der Waals surface area contributed by atoms with Gasteiger partial charge in [0.05, 0.1) is 17.1 Å². The summed E-state index contributed by atoms with van der Waals surface area (Å²) in [6.07, 6.45) is 2.10. The van der Waals surface area contributed by atoms with Gasteiger partial charge in [-0.05, 0) is 58.6 Å². The molecule has 0 spiro atoms. The summed E-state index contributed by atoms with van der Waals surface area (Å²) in [5.41, 5.74) is 4.72. The first-order valence-corrected chi connectivity index (χ1v) is 8.62. The van der Waals surface area contributed by atoms with Crippen LogP contribution < -0.4 is 5.32 Å². The molecule has 1 atom stereocenters. The van der Waals surface area contributed by atoms with E-state index in [1.165, 1.54) is 16.2 Å². The Kier molecular flexibility index (Phi) is 4.99. The maximum absolute atomic E-state index is 4.63. The summed E-state index contributed by atoms with van der Waals surface area (Å²) in [4.78, 5) is 1.30. The summed E-state index contributed by atoms with van der Waals surface area (Å²) < 4.78 is 2.08. The Morgan fingerprint density at radius 1 is 1.10 bits per heavy atom. The van der Waals surface area contributed by atoms with E-state index in [9.17, 15) is 0 Å². The second-order valence-corrected chi connectivity index (χ2v) is 6.60. The molecule has 1 heterocycles. The molecule has 1 N–H and O–H groups in total. The van der Waals surface area contributed by atoms with Crippen molar-refractivity contribution in [2.75, 3.05) is 11.6 Å². The van der Waals surface area contributed by atoms with E-state index in [2.05, 4.69) is 80.2 Å². The van der Waals surface area contributed by atoms with E-state index < -0.39 is 0 Å². The van der Waals surface area contributed by atoms with Crippen LogP contribution in [-0.2, 0) is 0 Å². The molecule has 3 nitrogen and oxygen atoms in total. The molecule has 0 bridgehead atoms. The van der Waals surface area contributed by atoms with Gasteiger partial charge in [-0.25, -0.2) is 0 Å². The van der Waals surface area contributed by atoms with Crippen LogP contribution in [0.5, 0.6) is 0 Å². The van der Waals surface area contributed by atoms with Gasteiger partial charge < -0.3 is 5.32 Å². The number of anilines is 1. The standard InChI is InChI=1S/C17H25N3S/c1-11(2)20-14(5)17(13(4)19-20)18-12(3)15-7-9-16(21-6)10-8-15/h7-12,18H,1-6H3. The molecule has 0 aliphatic heterocycles. The molecular weight excluding hydrogens is 278 g/mol. The normalized spacial score (nSPS) is 12.7. The van der Waals surface area contributed by atoms with Crippen molar-refractivity contribution >= 4 is 17.4 Å². The smallest absolute Gasteiger partial charge is 0.0828 e. The zero-order chi connectivity index (χ0) is 15.6. The van der Waals surface area contributed by atoms with Crippen LogP contribution in [0, 0.1) is 13.8 Å². The second kappa shape index (κ2) is 6.56. The summed E-state index contributed by atoms with van der Waals surface area (Å²) >= 11 is 1.77. The number of aromatic nitrogens is 2. The lowest BCUT2D eigenvalue weighted by atomic mass is 10.1. The molecule has 2 aromatic rings. The highest BCUT2D eigenvalue weighted by molar-refractivity contribution is 7.98. The number of thioether (sulfide) groups is 1. The highest BCUT2D eigenvalue weighted by Crippen LogP contribution is 2.27. The van der Waals surface area contributed by atoms with Crippen LogP contribution in [-0.4, -0.2) is 16.0 Å². The fourth-order valence-electron chi connectivity index (χ4n) is 2.57. The lowest BCUT2D eigenvalue weighted by Crippen LogP contribution is -2.09. The van der Waals surface area contributed by atoms with Crippen LogP contribution >= 0.6 is 11.8 Å². The van der Waals surface area contributed by atoms with E-state index >= 15 is 0 Å². The predicted octanol–water partition coefficient (Wildman–Crippen LogP) is 4.98. The number of nitrogens with one attached hydrogen (secondary N) is 1. The van der Waals surface area contributed by atoms with Gasteiger partial charge in [-0.2, -0.15) is 5.10 Å². The van der Waals surface area contributed by atoms with Crippen molar-refractivity contribution in [3.8, 4) is 0 Å². The molecule has 1 unspecified atom stereocenters. The van der Waals surface area contributed by atoms with Crippen molar-refractivity contribution in [1.29, 1.82) is 0 Å². The summed E-state index contributed by atoms with van der Waals surface area (Å²) in [6.45, 7) is 10.7. The van der Waals surface area contributed by atoms with Gasteiger partial charge in [-0.15, -0.1) is 11.8 Å². The minimum absolute atomic E-state index is 0.267. The average Bonchev–Trinajstić information content (AvgIpc) is 2.75. The molecule has 1 aromatic carbocycles. The largest absolute Gasteiger partial charge is 0.376 e. The Morgan fingerprint density at radius 3 is 2.19 bits per heavy atom. The third-order valence-corrected chi connectivity index (χ3v) is 4.53. The number of rotatable bonds is 5. The van der Waals surface area contributed by atoms with E-state index in [1.54, 1.807) is 11.8 Å². The van der Waals surface area contributed by atoms with Gasteiger partial charge in [0.15, 0.2) is 0 Å². The van der Waals surface area contributed by atoms with Crippen molar-refractivity contribution in [3.05, 3.63) is 41.2 Å². The van der Waals surface area contributed by atoms with Crippen LogP contribution in [0.4, 0.5) is 5.69 Å². The Balaban J connectivity index is 2.20. The molecule has 1 aromatic heterocycles. The molecule has 0 saturated heterocycles. The Bertz CT molecular complexity index is 599. The van der Waals surface area contributed by atoms with Gasteiger partial charge in [0.2, 0.25) is 0 Å². The molecule has 21 heavy (non-hydrogen) atoms. The van der Waals surface area contributed by atoms with Crippen molar-refractivity contribution in [2.45, 2.75) is 51.6 Å². The second-order valence-electron chi connectivity index (χ2n) is 5.72. The number of aryl methyl sites for hydroxylation is 1.